The normalized spacial score (nSPS) is 11.0. The maximum Gasteiger partial charge on any atom is 0.188 e. The zero-order valence-electron chi connectivity index (χ0n) is 14.4. The van der Waals surface area contributed by atoms with Gasteiger partial charge in [0.05, 0.1) is 5.69 Å². The van der Waals surface area contributed by atoms with Crippen molar-refractivity contribution < 1.29 is 0 Å². The predicted molar refractivity (Wildman–Crippen MR) is 113 cm³/mol. The number of halogens is 2. The van der Waals surface area contributed by atoms with Crippen molar-refractivity contribution in [2.24, 2.45) is 0 Å². The van der Waals surface area contributed by atoms with E-state index in [1.54, 1.807) is 17.5 Å². The van der Waals surface area contributed by atoms with E-state index < -0.39 is 0 Å². The van der Waals surface area contributed by atoms with E-state index in [1.165, 1.54) is 10.4 Å². The van der Waals surface area contributed by atoms with Crippen LogP contribution in [0.5, 0.6) is 0 Å². The molecule has 0 radical (unpaired) electrons. The molecule has 0 amide bonds. The first-order valence-electron chi connectivity index (χ1n) is 7.84. The minimum Gasteiger partial charge on any atom is -0.316 e. The molecule has 0 aliphatic heterocycles. The second-order valence-electron chi connectivity index (χ2n) is 6.68. The lowest BCUT2D eigenvalue weighted by atomic mass is 9.90. The molecule has 6 heteroatoms. The number of nitrogens with zero attached hydrogens (tertiary/aromatic N) is 2. The van der Waals surface area contributed by atoms with Crippen LogP contribution in [0.2, 0.25) is 5.02 Å². The minimum atomic E-state index is -0.0116. The Kier molecular flexibility index (Phi) is 6.60. The fraction of sp³-hybridized carbons (Fsp3) is 0.263. The molecule has 3 rings (SSSR count). The molecule has 0 fully saturated rings. The Bertz CT molecular complexity index is 811. The standard InChI is InChI=1S/C19H20ClN3S.BrH/c1-19(2,3)17-15(12-13-7-9-14(20)10-8-13)24-18(23-17)22-16-6-4-5-11-21-16;/h4-11H,12H2,1-3H3,(H,21,22,23);1H. The number of nitrogens with one attached hydrogen (secondary N) is 1. The summed E-state index contributed by atoms with van der Waals surface area (Å²) in [6.45, 7) is 6.58. The van der Waals surface area contributed by atoms with Crippen molar-refractivity contribution in [3.63, 3.8) is 0 Å². The quantitative estimate of drug-likeness (QED) is 0.512. The van der Waals surface area contributed by atoms with Crippen molar-refractivity contribution in [3.05, 3.63) is 69.8 Å². The van der Waals surface area contributed by atoms with Crippen LogP contribution in [0.15, 0.2) is 48.7 Å². The lowest BCUT2D eigenvalue weighted by Gasteiger charge is -2.17. The minimum absolute atomic E-state index is 0. The van der Waals surface area contributed by atoms with Gasteiger partial charge in [0, 0.05) is 27.9 Å². The first-order valence-corrected chi connectivity index (χ1v) is 9.04. The Balaban J connectivity index is 0.00000225. The van der Waals surface area contributed by atoms with Gasteiger partial charge < -0.3 is 5.32 Å². The highest BCUT2D eigenvalue weighted by atomic mass is 79.9. The lowest BCUT2D eigenvalue weighted by Crippen LogP contribution is -2.14. The van der Waals surface area contributed by atoms with Crippen molar-refractivity contribution in [1.29, 1.82) is 0 Å². The van der Waals surface area contributed by atoms with Crippen LogP contribution in [0, 0.1) is 0 Å². The molecule has 1 N–H and O–H groups in total. The molecule has 25 heavy (non-hydrogen) atoms. The van der Waals surface area contributed by atoms with Crippen molar-refractivity contribution >= 4 is 50.9 Å². The first-order chi connectivity index (χ1) is 11.4. The fourth-order valence-corrected chi connectivity index (χ4v) is 3.78. The van der Waals surface area contributed by atoms with E-state index in [0.717, 1.165) is 28.1 Å². The van der Waals surface area contributed by atoms with Crippen LogP contribution in [0.1, 0.15) is 36.9 Å². The van der Waals surface area contributed by atoms with Crippen molar-refractivity contribution in [3.8, 4) is 0 Å². The second kappa shape index (κ2) is 8.30. The van der Waals surface area contributed by atoms with Crippen LogP contribution in [-0.4, -0.2) is 9.97 Å². The predicted octanol–water partition coefficient (Wildman–Crippen LogP) is 6.40. The molecule has 0 aliphatic rings. The molecule has 3 nitrogen and oxygen atoms in total. The van der Waals surface area contributed by atoms with Crippen molar-refractivity contribution in [1.82, 2.24) is 9.97 Å². The summed E-state index contributed by atoms with van der Waals surface area (Å²) in [7, 11) is 0. The molecule has 0 atom stereocenters. The van der Waals surface area contributed by atoms with Gasteiger partial charge in [0.2, 0.25) is 0 Å². The van der Waals surface area contributed by atoms with Crippen LogP contribution in [-0.2, 0) is 11.8 Å². The topological polar surface area (TPSA) is 37.8 Å². The summed E-state index contributed by atoms with van der Waals surface area (Å²) < 4.78 is 0. The average Bonchev–Trinajstić information content (AvgIpc) is 2.93. The van der Waals surface area contributed by atoms with Gasteiger partial charge in [-0.1, -0.05) is 50.6 Å². The van der Waals surface area contributed by atoms with Gasteiger partial charge in [-0.2, -0.15) is 0 Å². The number of thiazole rings is 1. The molecule has 0 spiro atoms. The van der Waals surface area contributed by atoms with Crippen LogP contribution >= 0.6 is 39.9 Å². The van der Waals surface area contributed by atoms with E-state index in [-0.39, 0.29) is 22.4 Å². The molecule has 0 bridgehead atoms. The number of rotatable bonds is 4. The van der Waals surface area contributed by atoms with Gasteiger partial charge in [0.1, 0.15) is 5.82 Å². The SMILES string of the molecule is Br.CC(C)(C)c1nc(Nc2ccccn2)sc1Cc1ccc(Cl)cc1. The van der Waals surface area contributed by atoms with E-state index in [1.807, 2.05) is 30.3 Å². The van der Waals surface area contributed by atoms with Gasteiger partial charge in [-0.25, -0.2) is 9.97 Å². The van der Waals surface area contributed by atoms with E-state index in [4.69, 9.17) is 16.6 Å². The highest BCUT2D eigenvalue weighted by Gasteiger charge is 2.23. The summed E-state index contributed by atoms with van der Waals surface area (Å²) in [6.07, 6.45) is 2.63. The number of aromatic nitrogens is 2. The van der Waals surface area contributed by atoms with Crippen molar-refractivity contribution in [2.45, 2.75) is 32.6 Å². The zero-order chi connectivity index (χ0) is 17.2. The monoisotopic (exact) mass is 437 g/mol. The highest BCUT2D eigenvalue weighted by molar-refractivity contribution is 8.93. The summed E-state index contributed by atoms with van der Waals surface area (Å²) in [5, 5.41) is 4.95. The molecule has 0 aliphatic carbocycles. The molecule has 0 saturated heterocycles. The maximum absolute atomic E-state index is 5.99. The molecule has 0 saturated carbocycles. The molecule has 2 aromatic heterocycles. The molecular weight excluding hydrogens is 418 g/mol. The fourth-order valence-electron chi connectivity index (χ4n) is 2.44. The highest BCUT2D eigenvalue weighted by Crippen LogP contribution is 2.34. The third-order valence-electron chi connectivity index (χ3n) is 3.59. The number of benzene rings is 1. The average molecular weight is 439 g/mol. The third-order valence-corrected chi connectivity index (χ3v) is 4.81. The number of pyridine rings is 1. The molecule has 2 heterocycles. The summed E-state index contributed by atoms with van der Waals surface area (Å²) in [4.78, 5) is 10.4. The van der Waals surface area contributed by atoms with Crippen molar-refractivity contribution in [2.75, 3.05) is 5.32 Å². The summed E-state index contributed by atoms with van der Waals surface area (Å²) in [5.41, 5.74) is 2.35. The smallest absolute Gasteiger partial charge is 0.188 e. The summed E-state index contributed by atoms with van der Waals surface area (Å²) >= 11 is 7.67. The Morgan fingerprint density at radius 1 is 1.08 bits per heavy atom. The number of hydrogen-bond acceptors (Lipinski definition) is 4. The number of anilines is 2. The molecule has 0 unspecified atom stereocenters. The van der Waals surface area contributed by atoms with E-state index in [2.05, 4.69) is 43.2 Å². The maximum atomic E-state index is 5.99. The Morgan fingerprint density at radius 3 is 2.40 bits per heavy atom. The van der Waals surface area contributed by atoms with Gasteiger partial charge >= 0.3 is 0 Å². The lowest BCUT2D eigenvalue weighted by molar-refractivity contribution is 0.568. The summed E-state index contributed by atoms with van der Waals surface area (Å²) in [6, 6.07) is 13.8. The second-order valence-corrected chi connectivity index (χ2v) is 8.20. The van der Waals surface area contributed by atoms with E-state index in [9.17, 15) is 0 Å². The van der Waals surface area contributed by atoms with E-state index >= 15 is 0 Å². The third kappa shape index (κ3) is 5.27. The Hall–Kier alpha value is -1.43. The number of hydrogen-bond donors (Lipinski definition) is 1. The molecule has 3 aromatic rings. The van der Waals surface area contributed by atoms with Crippen LogP contribution in [0.25, 0.3) is 0 Å². The van der Waals surface area contributed by atoms with Gasteiger partial charge in [-0.15, -0.1) is 28.3 Å². The van der Waals surface area contributed by atoms with Crippen LogP contribution in [0.3, 0.4) is 0 Å². The summed E-state index contributed by atoms with van der Waals surface area (Å²) in [5.74, 6) is 0.810. The van der Waals surface area contributed by atoms with Crippen LogP contribution in [0.4, 0.5) is 10.9 Å². The van der Waals surface area contributed by atoms with Crippen LogP contribution < -0.4 is 5.32 Å². The molecular formula is C19H21BrClN3S. The largest absolute Gasteiger partial charge is 0.316 e. The van der Waals surface area contributed by atoms with E-state index in [0.29, 0.717) is 0 Å². The Morgan fingerprint density at radius 2 is 1.80 bits per heavy atom. The Labute approximate surface area is 168 Å². The zero-order valence-corrected chi connectivity index (χ0v) is 17.7. The van der Waals surface area contributed by atoms with Gasteiger partial charge in [0.15, 0.2) is 5.13 Å². The first kappa shape index (κ1) is 19.9. The molecule has 132 valence electrons. The van der Waals surface area contributed by atoms with Gasteiger partial charge in [-0.3, -0.25) is 0 Å². The molecule has 1 aromatic carbocycles. The van der Waals surface area contributed by atoms with Gasteiger partial charge in [0.25, 0.3) is 0 Å². The van der Waals surface area contributed by atoms with Gasteiger partial charge in [-0.05, 0) is 29.8 Å².